The summed E-state index contributed by atoms with van der Waals surface area (Å²) in [5, 5.41) is 0.864. The second-order valence-corrected chi connectivity index (χ2v) is 4.57. The number of anilines is 2. The summed E-state index contributed by atoms with van der Waals surface area (Å²) in [6, 6.07) is 1.78. The third kappa shape index (κ3) is 3.37. The number of hydrogen-bond acceptors (Lipinski definition) is 4. The highest BCUT2D eigenvalue weighted by Gasteiger charge is 2.18. The standard InChI is InChI=1S/C11H17Cl2N3O/c1-4-16(7(2)6-17-3)11-9(13)5-8(12)10(14)15-11/h5,7H,4,6H2,1-3H3,(H2,14,15). The van der Waals surface area contributed by atoms with Gasteiger partial charge in [0.25, 0.3) is 0 Å². The van der Waals surface area contributed by atoms with Crippen molar-refractivity contribution in [3.8, 4) is 0 Å². The predicted octanol–water partition coefficient (Wildman–Crippen LogP) is 2.83. The van der Waals surface area contributed by atoms with E-state index in [0.29, 0.717) is 22.5 Å². The molecule has 17 heavy (non-hydrogen) atoms. The highest BCUT2D eigenvalue weighted by Crippen LogP contribution is 2.30. The summed E-state index contributed by atoms with van der Waals surface area (Å²) >= 11 is 12.0. The Balaban J connectivity index is 3.07. The number of rotatable bonds is 5. The van der Waals surface area contributed by atoms with Crippen LogP contribution in [-0.2, 0) is 4.74 Å². The predicted molar refractivity (Wildman–Crippen MR) is 73.0 cm³/mol. The zero-order chi connectivity index (χ0) is 13.0. The van der Waals surface area contributed by atoms with Gasteiger partial charge in [0, 0.05) is 13.7 Å². The molecule has 1 atom stereocenters. The van der Waals surface area contributed by atoms with Gasteiger partial charge in [0.15, 0.2) is 0 Å². The molecule has 0 spiro atoms. The molecular weight excluding hydrogens is 261 g/mol. The van der Waals surface area contributed by atoms with Gasteiger partial charge in [-0.2, -0.15) is 0 Å². The SMILES string of the molecule is CCN(c1nc(N)c(Cl)cc1Cl)C(C)COC. The molecule has 4 nitrogen and oxygen atoms in total. The second kappa shape index (κ2) is 6.28. The van der Waals surface area contributed by atoms with Gasteiger partial charge in [0.2, 0.25) is 0 Å². The summed E-state index contributed by atoms with van der Waals surface area (Å²) in [5.74, 6) is 0.926. The molecule has 1 aromatic heterocycles. The molecule has 1 unspecified atom stereocenters. The minimum atomic E-state index is 0.163. The quantitative estimate of drug-likeness (QED) is 0.899. The number of nitrogens with zero attached hydrogens (tertiary/aromatic N) is 2. The van der Waals surface area contributed by atoms with Gasteiger partial charge < -0.3 is 15.4 Å². The number of methoxy groups -OCH3 is 1. The van der Waals surface area contributed by atoms with Gasteiger partial charge in [0.1, 0.15) is 11.6 Å². The number of halogens is 2. The molecule has 0 bridgehead atoms. The van der Waals surface area contributed by atoms with Crippen molar-refractivity contribution in [3.63, 3.8) is 0 Å². The van der Waals surface area contributed by atoms with Gasteiger partial charge in [-0.1, -0.05) is 23.2 Å². The summed E-state index contributed by atoms with van der Waals surface area (Å²) in [4.78, 5) is 6.26. The summed E-state index contributed by atoms with van der Waals surface area (Å²) in [5.41, 5.74) is 5.70. The van der Waals surface area contributed by atoms with E-state index in [-0.39, 0.29) is 11.9 Å². The normalized spacial score (nSPS) is 12.5. The van der Waals surface area contributed by atoms with Crippen LogP contribution in [0, 0.1) is 0 Å². The number of likely N-dealkylation sites (N-methyl/N-ethyl adjacent to an activating group) is 1. The van der Waals surface area contributed by atoms with Crippen LogP contribution in [-0.4, -0.2) is 31.3 Å². The van der Waals surface area contributed by atoms with E-state index >= 15 is 0 Å². The molecule has 0 saturated carbocycles. The highest BCUT2D eigenvalue weighted by atomic mass is 35.5. The van der Waals surface area contributed by atoms with Crippen LogP contribution in [0.2, 0.25) is 10.0 Å². The number of hydrogen-bond donors (Lipinski definition) is 1. The van der Waals surface area contributed by atoms with E-state index in [1.807, 2.05) is 18.7 Å². The van der Waals surface area contributed by atoms with Crippen molar-refractivity contribution >= 4 is 34.8 Å². The number of nitrogens with two attached hydrogens (primary N) is 1. The molecule has 0 fully saturated rings. The maximum absolute atomic E-state index is 6.13. The smallest absolute Gasteiger partial charge is 0.150 e. The minimum Gasteiger partial charge on any atom is -0.383 e. The summed E-state index contributed by atoms with van der Waals surface area (Å²) in [6.07, 6.45) is 0. The third-order valence-corrected chi connectivity index (χ3v) is 3.07. The van der Waals surface area contributed by atoms with Gasteiger partial charge >= 0.3 is 0 Å². The molecule has 0 saturated heterocycles. The van der Waals surface area contributed by atoms with Gasteiger partial charge in [-0.3, -0.25) is 0 Å². The first kappa shape index (κ1) is 14.4. The van der Waals surface area contributed by atoms with Crippen molar-refractivity contribution in [2.24, 2.45) is 0 Å². The average Bonchev–Trinajstić information content (AvgIpc) is 2.26. The topological polar surface area (TPSA) is 51.4 Å². The van der Waals surface area contributed by atoms with Gasteiger partial charge in [-0.05, 0) is 19.9 Å². The zero-order valence-corrected chi connectivity index (χ0v) is 11.7. The van der Waals surface area contributed by atoms with Crippen LogP contribution in [0.15, 0.2) is 6.07 Å². The fourth-order valence-corrected chi connectivity index (χ4v) is 2.14. The lowest BCUT2D eigenvalue weighted by molar-refractivity contribution is 0.181. The Bertz CT molecular complexity index is 387. The molecule has 1 heterocycles. The molecule has 96 valence electrons. The molecule has 0 radical (unpaired) electrons. The van der Waals surface area contributed by atoms with Crippen molar-refractivity contribution in [3.05, 3.63) is 16.1 Å². The lowest BCUT2D eigenvalue weighted by Gasteiger charge is -2.29. The van der Waals surface area contributed by atoms with Crippen LogP contribution in [0.25, 0.3) is 0 Å². The maximum Gasteiger partial charge on any atom is 0.150 e. The highest BCUT2D eigenvalue weighted by molar-refractivity contribution is 6.37. The molecule has 0 amide bonds. The van der Waals surface area contributed by atoms with E-state index in [9.17, 15) is 0 Å². The monoisotopic (exact) mass is 277 g/mol. The molecule has 2 N–H and O–H groups in total. The Morgan fingerprint density at radius 3 is 2.65 bits per heavy atom. The van der Waals surface area contributed by atoms with Crippen LogP contribution in [0.5, 0.6) is 0 Å². The first-order valence-corrected chi connectivity index (χ1v) is 6.13. The Morgan fingerprint density at radius 1 is 1.47 bits per heavy atom. The molecule has 1 aromatic rings. The third-order valence-electron chi connectivity index (χ3n) is 2.49. The van der Waals surface area contributed by atoms with Crippen LogP contribution < -0.4 is 10.6 Å². The Labute approximate surface area is 112 Å². The number of nitrogen functional groups attached to an aromatic ring is 1. The average molecular weight is 278 g/mol. The van der Waals surface area contributed by atoms with Gasteiger partial charge in [-0.15, -0.1) is 0 Å². The lowest BCUT2D eigenvalue weighted by Crippen LogP contribution is -2.37. The van der Waals surface area contributed by atoms with Gasteiger partial charge in [0.05, 0.1) is 22.7 Å². The van der Waals surface area contributed by atoms with Crippen molar-refractivity contribution in [1.82, 2.24) is 4.98 Å². The van der Waals surface area contributed by atoms with E-state index < -0.39 is 0 Å². The zero-order valence-electron chi connectivity index (χ0n) is 10.2. The molecular formula is C11H17Cl2N3O. The molecule has 0 aliphatic carbocycles. The molecule has 1 rings (SSSR count). The van der Waals surface area contributed by atoms with Crippen molar-refractivity contribution in [2.45, 2.75) is 19.9 Å². The van der Waals surface area contributed by atoms with E-state index in [2.05, 4.69) is 4.98 Å². The maximum atomic E-state index is 6.13. The minimum absolute atomic E-state index is 0.163. The van der Waals surface area contributed by atoms with Crippen LogP contribution in [0.3, 0.4) is 0 Å². The van der Waals surface area contributed by atoms with E-state index in [1.54, 1.807) is 13.2 Å². The van der Waals surface area contributed by atoms with E-state index in [0.717, 1.165) is 6.54 Å². The number of ether oxygens (including phenoxy) is 1. The summed E-state index contributed by atoms with van der Waals surface area (Å²) < 4.78 is 5.13. The first-order valence-electron chi connectivity index (χ1n) is 5.38. The van der Waals surface area contributed by atoms with Crippen LogP contribution >= 0.6 is 23.2 Å². The Hall–Kier alpha value is -0.710. The molecule has 0 aliphatic heterocycles. The Morgan fingerprint density at radius 2 is 2.12 bits per heavy atom. The Kier molecular flexibility index (Phi) is 5.31. The summed E-state index contributed by atoms with van der Waals surface area (Å²) in [6.45, 7) is 5.41. The largest absolute Gasteiger partial charge is 0.383 e. The number of aromatic nitrogens is 1. The number of pyridine rings is 1. The van der Waals surface area contributed by atoms with E-state index in [1.165, 1.54) is 0 Å². The fourth-order valence-electron chi connectivity index (χ4n) is 1.67. The summed E-state index contributed by atoms with van der Waals surface area (Å²) in [7, 11) is 1.66. The molecule has 6 heteroatoms. The molecule has 0 aromatic carbocycles. The first-order chi connectivity index (χ1) is 8.01. The van der Waals surface area contributed by atoms with Crippen LogP contribution in [0.4, 0.5) is 11.6 Å². The lowest BCUT2D eigenvalue weighted by atomic mass is 10.3. The van der Waals surface area contributed by atoms with Crippen molar-refractivity contribution in [1.29, 1.82) is 0 Å². The van der Waals surface area contributed by atoms with Crippen molar-refractivity contribution in [2.75, 3.05) is 30.9 Å². The van der Waals surface area contributed by atoms with Gasteiger partial charge in [-0.25, -0.2) is 4.98 Å². The van der Waals surface area contributed by atoms with E-state index in [4.69, 9.17) is 33.7 Å². The fraction of sp³-hybridized carbons (Fsp3) is 0.545. The molecule has 0 aliphatic rings. The van der Waals surface area contributed by atoms with Crippen molar-refractivity contribution < 1.29 is 4.74 Å². The second-order valence-electron chi connectivity index (χ2n) is 3.75. The van der Waals surface area contributed by atoms with Crippen LogP contribution in [0.1, 0.15) is 13.8 Å².